The first-order valence-electron chi connectivity index (χ1n) is 6.55. The van der Waals surface area contributed by atoms with Gasteiger partial charge in [0, 0.05) is 37.4 Å². The Hall–Kier alpha value is -0.370. The van der Waals surface area contributed by atoms with Crippen LogP contribution in [0.5, 0.6) is 0 Å². The second-order valence-corrected chi connectivity index (χ2v) is 6.05. The smallest absolute Gasteiger partial charge is 0.191 e. The van der Waals surface area contributed by atoms with E-state index in [0.717, 1.165) is 18.7 Å². The van der Waals surface area contributed by atoms with Gasteiger partial charge in [0.05, 0.1) is 10.7 Å². The third-order valence-electron chi connectivity index (χ3n) is 3.16. The highest BCUT2D eigenvalue weighted by molar-refractivity contribution is 14.0. The van der Waals surface area contributed by atoms with E-state index < -0.39 is 0 Å². The number of rotatable bonds is 5. The Kier molecular flexibility index (Phi) is 6.52. The van der Waals surface area contributed by atoms with E-state index in [0.29, 0.717) is 17.9 Å². The number of halogens is 1. The molecule has 0 atom stereocenters. The van der Waals surface area contributed by atoms with E-state index in [2.05, 4.69) is 34.1 Å². The van der Waals surface area contributed by atoms with Gasteiger partial charge in [0.15, 0.2) is 5.96 Å². The third-order valence-corrected chi connectivity index (χ3v) is 4.36. The first kappa shape index (κ1) is 16.7. The molecule has 1 aromatic heterocycles. The molecule has 0 spiro atoms. The molecular weight excluding hydrogens is 371 g/mol. The average Bonchev–Trinajstić information content (AvgIpc) is 3.07. The molecule has 0 radical (unpaired) electrons. The van der Waals surface area contributed by atoms with E-state index in [-0.39, 0.29) is 24.0 Å². The Bertz CT molecular complexity index is 426. The molecule has 19 heavy (non-hydrogen) atoms. The van der Waals surface area contributed by atoms with Gasteiger partial charge in [-0.25, -0.2) is 4.98 Å². The normalized spacial score (nSPS) is 15.5. The maximum Gasteiger partial charge on any atom is 0.191 e. The average molecular weight is 394 g/mol. The molecule has 0 aromatic carbocycles. The highest BCUT2D eigenvalue weighted by Crippen LogP contribution is 2.24. The molecule has 1 aliphatic rings. The zero-order valence-electron chi connectivity index (χ0n) is 11.8. The summed E-state index contributed by atoms with van der Waals surface area (Å²) in [6.07, 6.45) is 3.37. The minimum absolute atomic E-state index is 0. The summed E-state index contributed by atoms with van der Waals surface area (Å²) >= 11 is 1.74. The molecule has 1 saturated carbocycles. The lowest BCUT2D eigenvalue weighted by Crippen LogP contribution is -2.35. The Morgan fingerprint density at radius 2 is 2.26 bits per heavy atom. The van der Waals surface area contributed by atoms with E-state index in [1.807, 2.05) is 7.05 Å². The predicted octanol–water partition coefficient (Wildman–Crippen LogP) is 2.84. The maximum atomic E-state index is 5.93. The van der Waals surface area contributed by atoms with Gasteiger partial charge >= 0.3 is 0 Å². The molecule has 0 saturated heterocycles. The lowest BCUT2D eigenvalue weighted by atomic mass is 10.2. The molecule has 108 valence electrons. The number of nitrogens with zero attached hydrogens (tertiary/aromatic N) is 3. The van der Waals surface area contributed by atoms with Crippen LogP contribution in [0, 0.1) is 0 Å². The van der Waals surface area contributed by atoms with Gasteiger partial charge in [-0.1, -0.05) is 13.8 Å². The van der Waals surface area contributed by atoms with Gasteiger partial charge in [0.25, 0.3) is 0 Å². The van der Waals surface area contributed by atoms with Crippen molar-refractivity contribution in [3.05, 3.63) is 16.1 Å². The van der Waals surface area contributed by atoms with Gasteiger partial charge < -0.3 is 10.6 Å². The van der Waals surface area contributed by atoms with Crippen molar-refractivity contribution < 1.29 is 0 Å². The van der Waals surface area contributed by atoms with Crippen LogP contribution in [0.2, 0.25) is 0 Å². The minimum Gasteiger partial charge on any atom is -0.370 e. The summed E-state index contributed by atoms with van der Waals surface area (Å²) < 4.78 is 0. The fourth-order valence-electron chi connectivity index (χ4n) is 1.75. The zero-order chi connectivity index (χ0) is 13.1. The highest BCUT2D eigenvalue weighted by atomic mass is 127. The molecule has 4 nitrogen and oxygen atoms in total. The molecule has 0 amide bonds. The monoisotopic (exact) mass is 394 g/mol. The lowest BCUT2D eigenvalue weighted by molar-refractivity contribution is 0.487. The number of nitrogens with two attached hydrogens (primary N) is 1. The van der Waals surface area contributed by atoms with E-state index in [1.165, 1.54) is 17.8 Å². The fourth-order valence-corrected chi connectivity index (χ4v) is 2.62. The van der Waals surface area contributed by atoms with E-state index in [1.54, 1.807) is 11.3 Å². The van der Waals surface area contributed by atoms with Crippen molar-refractivity contribution in [1.82, 2.24) is 9.88 Å². The quantitative estimate of drug-likeness (QED) is 0.475. The number of thiazole rings is 1. The van der Waals surface area contributed by atoms with Crippen molar-refractivity contribution >= 4 is 41.3 Å². The van der Waals surface area contributed by atoms with Gasteiger partial charge in [-0.2, -0.15) is 0 Å². The molecule has 1 aliphatic carbocycles. The van der Waals surface area contributed by atoms with Crippen molar-refractivity contribution in [2.75, 3.05) is 13.6 Å². The Balaban J connectivity index is 0.00000180. The van der Waals surface area contributed by atoms with Crippen molar-refractivity contribution in [1.29, 1.82) is 0 Å². The molecule has 6 heteroatoms. The van der Waals surface area contributed by atoms with Crippen molar-refractivity contribution in [3.63, 3.8) is 0 Å². The zero-order valence-corrected chi connectivity index (χ0v) is 14.9. The van der Waals surface area contributed by atoms with Crippen LogP contribution in [0.15, 0.2) is 10.4 Å². The van der Waals surface area contributed by atoms with Gasteiger partial charge in [-0.15, -0.1) is 35.3 Å². The second-order valence-electron chi connectivity index (χ2n) is 5.16. The number of hydrogen-bond acceptors (Lipinski definition) is 3. The van der Waals surface area contributed by atoms with Gasteiger partial charge in [0.1, 0.15) is 0 Å². The van der Waals surface area contributed by atoms with Crippen LogP contribution in [0.1, 0.15) is 43.3 Å². The molecule has 0 unspecified atom stereocenters. The Morgan fingerprint density at radius 3 is 2.79 bits per heavy atom. The second kappa shape index (κ2) is 7.42. The standard InChI is InChI=1S/C13H22N4S.HI/c1-9(2)12-16-10(8-18-12)6-7-15-13(14)17(3)11-4-5-11;/h8-9,11H,4-7H2,1-3H3,(H2,14,15);1H. The Morgan fingerprint density at radius 1 is 1.58 bits per heavy atom. The van der Waals surface area contributed by atoms with Crippen LogP contribution in [-0.4, -0.2) is 35.5 Å². The highest BCUT2D eigenvalue weighted by Gasteiger charge is 2.27. The number of aliphatic imine (C=N–C) groups is 1. The summed E-state index contributed by atoms with van der Waals surface area (Å²) in [6, 6.07) is 0.626. The van der Waals surface area contributed by atoms with Gasteiger partial charge in [-0.3, -0.25) is 4.99 Å². The summed E-state index contributed by atoms with van der Waals surface area (Å²) in [7, 11) is 2.02. The molecule has 0 aliphatic heterocycles. The number of aromatic nitrogens is 1. The maximum absolute atomic E-state index is 5.93. The van der Waals surface area contributed by atoms with Crippen LogP contribution in [0.4, 0.5) is 0 Å². The topological polar surface area (TPSA) is 54.5 Å². The number of hydrogen-bond donors (Lipinski definition) is 1. The predicted molar refractivity (Wildman–Crippen MR) is 92.6 cm³/mol. The summed E-state index contributed by atoms with van der Waals surface area (Å²) in [5, 5.41) is 3.34. The van der Waals surface area contributed by atoms with Crippen molar-refractivity contribution in [3.8, 4) is 0 Å². The van der Waals surface area contributed by atoms with Crippen molar-refractivity contribution in [2.45, 2.75) is 45.1 Å². The molecule has 2 N–H and O–H groups in total. The molecule has 1 aromatic rings. The molecule has 0 bridgehead atoms. The SMILES string of the molecule is CC(C)c1nc(CCN=C(N)N(C)C2CC2)cs1.I. The van der Waals surface area contributed by atoms with E-state index in [4.69, 9.17) is 5.73 Å². The summed E-state index contributed by atoms with van der Waals surface area (Å²) in [5.41, 5.74) is 7.07. The fraction of sp³-hybridized carbons (Fsp3) is 0.692. The van der Waals surface area contributed by atoms with E-state index >= 15 is 0 Å². The molecule has 2 rings (SSSR count). The molecule has 1 heterocycles. The van der Waals surface area contributed by atoms with Crippen molar-refractivity contribution in [2.24, 2.45) is 10.7 Å². The third kappa shape index (κ3) is 4.91. The van der Waals surface area contributed by atoms with Crippen LogP contribution in [0.25, 0.3) is 0 Å². The van der Waals surface area contributed by atoms with Gasteiger partial charge in [0.2, 0.25) is 0 Å². The summed E-state index contributed by atoms with van der Waals surface area (Å²) in [5.74, 6) is 1.18. The lowest BCUT2D eigenvalue weighted by Gasteiger charge is -2.16. The summed E-state index contributed by atoms with van der Waals surface area (Å²) in [4.78, 5) is 11.1. The van der Waals surface area contributed by atoms with Crippen LogP contribution in [-0.2, 0) is 6.42 Å². The molecular formula is C13H23IN4S. The van der Waals surface area contributed by atoms with E-state index in [9.17, 15) is 0 Å². The first-order valence-corrected chi connectivity index (χ1v) is 7.43. The number of guanidine groups is 1. The first-order chi connectivity index (χ1) is 8.58. The van der Waals surface area contributed by atoms with Crippen LogP contribution in [0.3, 0.4) is 0 Å². The molecule has 1 fully saturated rings. The summed E-state index contributed by atoms with van der Waals surface area (Å²) in [6.45, 7) is 5.07. The van der Waals surface area contributed by atoms with Crippen LogP contribution < -0.4 is 5.73 Å². The minimum atomic E-state index is 0. The van der Waals surface area contributed by atoms with Crippen LogP contribution >= 0.6 is 35.3 Å². The largest absolute Gasteiger partial charge is 0.370 e. The van der Waals surface area contributed by atoms with Gasteiger partial charge in [-0.05, 0) is 12.8 Å². The Labute approximate surface area is 136 Å².